The quantitative estimate of drug-likeness (QED) is 0.847. The molecule has 1 N–H and O–H groups in total. The maximum atomic E-state index is 11.8. The fourth-order valence-corrected chi connectivity index (χ4v) is 1.76. The molecule has 0 aliphatic heterocycles. The molecule has 0 spiro atoms. The zero-order valence-electron chi connectivity index (χ0n) is 10.2. The highest BCUT2D eigenvalue weighted by molar-refractivity contribution is 9.10. The predicted octanol–water partition coefficient (Wildman–Crippen LogP) is 3.23. The molecule has 0 heterocycles. The minimum absolute atomic E-state index is 0.116. The van der Waals surface area contributed by atoms with E-state index in [0.29, 0.717) is 12.1 Å². The van der Waals surface area contributed by atoms with Crippen molar-refractivity contribution in [3.63, 3.8) is 0 Å². The highest BCUT2D eigenvalue weighted by Crippen LogP contribution is 2.10. The first-order valence-electron chi connectivity index (χ1n) is 5.83. The van der Waals surface area contributed by atoms with Crippen LogP contribution < -0.4 is 5.32 Å². The molecule has 0 saturated carbocycles. The molecule has 0 aliphatic rings. The molecule has 2 aromatic rings. The maximum absolute atomic E-state index is 11.8. The number of halogens is 1. The van der Waals surface area contributed by atoms with Crippen LogP contribution in [-0.2, 0) is 0 Å². The van der Waals surface area contributed by atoms with E-state index < -0.39 is 0 Å². The molecule has 0 fully saturated rings. The van der Waals surface area contributed by atoms with Gasteiger partial charge in [0.2, 0.25) is 0 Å². The van der Waals surface area contributed by atoms with E-state index in [0.717, 1.165) is 10.0 Å². The van der Waals surface area contributed by atoms with Crippen LogP contribution in [0.5, 0.6) is 0 Å². The zero-order chi connectivity index (χ0) is 13.5. The third-order valence-electron chi connectivity index (χ3n) is 2.45. The fraction of sp³-hybridized carbons (Fsp3) is 0.0625. The molecule has 0 saturated heterocycles. The van der Waals surface area contributed by atoms with E-state index in [1.54, 1.807) is 12.1 Å². The van der Waals surface area contributed by atoms with Gasteiger partial charge >= 0.3 is 0 Å². The van der Waals surface area contributed by atoms with Gasteiger partial charge in [-0.15, -0.1) is 0 Å². The van der Waals surface area contributed by atoms with Gasteiger partial charge in [0.05, 0.1) is 6.54 Å². The summed E-state index contributed by atoms with van der Waals surface area (Å²) in [5.41, 5.74) is 1.57. The lowest BCUT2D eigenvalue weighted by Crippen LogP contribution is -2.23. The highest BCUT2D eigenvalue weighted by Gasteiger charge is 2.02. The van der Waals surface area contributed by atoms with Gasteiger partial charge in [-0.25, -0.2) is 0 Å². The van der Waals surface area contributed by atoms with Crippen molar-refractivity contribution in [1.29, 1.82) is 0 Å². The molecule has 19 heavy (non-hydrogen) atoms. The van der Waals surface area contributed by atoms with E-state index in [9.17, 15) is 4.79 Å². The van der Waals surface area contributed by atoms with E-state index in [4.69, 9.17) is 0 Å². The maximum Gasteiger partial charge on any atom is 0.252 e. The number of benzene rings is 2. The van der Waals surface area contributed by atoms with Crippen molar-refractivity contribution in [3.05, 3.63) is 70.2 Å². The second kappa shape index (κ2) is 6.77. The number of hydrogen-bond acceptors (Lipinski definition) is 1. The molecule has 2 nitrogen and oxygen atoms in total. The van der Waals surface area contributed by atoms with E-state index in [1.807, 2.05) is 42.5 Å². The summed E-state index contributed by atoms with van der Waals surface area (Å²) in [6.07, 6.45) is 0. The molecule has 0 atom stereocenters. The second-order valence-corrected chi connectivity index (χ2v) is 4.77. The monoisotopic (exact) mass is 313 g/mol. The van der Waals surface area contributed by atoms with Crippen LogP contribution in [0.3, 0.4) is 0 Å². The summed E-state index contributed by atoms with van der Waals surface area (Å²) in [5.74, 6) is 5.80. The number of carbonyl (C=O) groups excluding carboxylic acids is 1. The Balaban J connectivity index is 1.88. The van der Waals surface area contributed by atoms with Crippen LogP contribution in [0.25, 0.3) is 0 Å². The van der Waals surface area contributed by atoms with E-state index in [1.165, 1.54) is 0 Å². The van der Waals surface area contributed by atoms with Crippen LogP contribution >= 0.6 is 15.9 Å². The summed E-state index contributed by atoms with van der Waals surface area (Å²) in [5, 5.41) is 2.76. The van der Waals surface area contributed by atoms with Crippen molar-refractivity contribution in [3.8, 4) is 11.8 Å². The Kier molecular flexibility index (Phi) is 4.77. The first-order valence-corrected chi connectivity index (χ1v) is 6.63. The average Bonchev–Trinajstić information content (AvgIpc) is 2.45. The molecule has 2 rings (SSSR count). The SMILES string of the molecule is O=C(NCC#Cc1ccccc1)c1ccc(Br)cc1. The first-order chi connectivity index (χ1) is 9.25. The third kappa shape index (κ3) is 4.27. The van der Waals surface area contributed by atoms with Gasteiger partial charge in [-0.2, -0.15) is 0 Å². The van der Waals surface area contributed by atoms with Gasteiger partial charge < -0.3 is 5.32 Å². The van der Waals surface area contributed by atoms with Gasteiger partial charge in [-0.3, -0.25) is 4.79 Å². The standard InChI is InChI=1S/C16H12BrNO/c17-15-10-8-14(9-11-15)16(19)18-12-4-7-13-5-2-1-3-6-13/h1-3,5-6,8-11H,12H2,(H,18,19). The van der Waals surface area contributed by atoms with Gasteiger partial charge in [0, 0.05) is 15.6 Å². The molecule has 94 valence electrons. The van der Waals surface area contributed by atoms with Crippen molar-refractivity contribution < 1.29 is 4.79 Å². The first kappa shape index (κ1) is 13.4. The average molecular weight is 314 g/mol. The molecule has 0 aliphatic carbocycles. The molecule has 0 unspecified atom stereocenters. The van der Waals surface area contributed by atoms with Crippen molar-refractivity contribution in [2.45, 2.75) is 0 Å². The number of carbonyl (C=O) groups is 1. The van der Waals surface area contributed by atoms with Crippen LogP contribution in [-0.4, -0.2) is 12.5 Å². The number of nitrogens with one attached hydrogen (secondary N) is 1. The van der Waals surface area contributed by atoms with Gasteiger partial charge in [0.25, 0.3) is 5.91 Å². The summed E-state index contributed by atoms with van der Waals surface area (Å²) >= 11 is 3.33. The number of rotatable bonds is 2. The number of hydrogen-bond donors (Lipinski definition) is 1. The van der Waals surface area contributed by atoms with E-state index in [-0.39, 0.29) is 5.91 Å². The van der Waals surface area contributed by atoms with Gasteiger partial charge in [0.1, 0.15) is 0 Å². The Bertz CT molecular complexity index is 609. The summed E-state index contributed by atoms with van der Waals surface area (Å²) in [7, 11) is 0. The van der Waals surface area contributed by atoms with Crippen molar-refractivity contribution in [2.75, 3.05) is 6.54 Å². The van der Waals surface area contributed by atoms with Crippen LogP contribution in [0.1, 0.15) is 15.9 Å². The Morgan fingerprint density at radius 2 is 1.74 bits per heavy atom. The lowest BCUT2D eigenvalue weighted by molar-refractivity contribution is 0.0958. The molecular weight excluding hydrogens is 302 g/mol. The smallest absolute Gasteiger partial charge is 0.252 e. The normalized spacial score (nSPS) is 9.32. The Morgan fingerprint density at radius 1 is 1.05 bits per heavy atom. The summed E-state index contributed by atoms with van der Waals surface area (Å²) in [4.78, 5) is 11.8. The molecule has 0 radical (unpaired) electrons. The third-order valence-corrected chi connectivity index (χ3v) is 2.98. The molecular formula is C16H12BrNO. The Morgan fingerprint density at radius 3 is 2.42 bits per heavy atom. The van der Waals surface area contributed by atoms with Gasteiger partial charge in [0.15, 0.2) is 0 Å². The van der Waals surface area contributed by atoms with E-state index >= 15 is 0 Å². The summed E-state index contributed by atoms with van der Waals surface area (Å²) < 4.78 is 0.952. The van der Waals surface area contributed by atoms with Crippen molar-refractivity contribution in [1.82, 2.24) is 5.32 Å². The second-order valence-electron chi connectivity index (χ2n) is 3.86. The van der Waals surface area contributed by atoms with E-state index in [2.05, 4.69) is 33.1 Å². The molecule has 0 aromatic heterocycles. The molecule has 1 amide bonds. The van der Waals surface area contributed by atoms with Crippen molar-refractivity contribution in [2.24, 2.45) is 0 Å². The Labute approximate surface area is 121 Å². The lowest BCUT2D eigenvalue weighted by Gasteiger charge is -2.01. The highest BCUT2D eigenvalue weighted by atomic mass is 79.9. The Hall–Kier alpha value is -2.05. The van der Waals surface area contributed by atoms with Crippen LogP contribution in [0.2, 0.25) is 0 Å². The predicted molar refractivity (Wildman–Crippen MR) is 79.8 cm³/mol. The molecule has 0 bridgehead atoms. The van der Waals surface area contributed by atoms with Gasteiger partial charge in [-0.1, -0.05) is 46.0 Å². The summed E-state index contributed by atoms with van der Waals surface area (Å²) in [6.45, 7) is 0.337. The largest absolute Gasteiger partial charge is 0.341 e. The molecule has 2 aromatic carbocycles. The summed E-state index contributed by atoms with van der Waals surface area (Å²) in [6, 6.07) is 16.9. The number of amides is 1. The zero-order valence-corrected chi connectivity index (χ0v) is 11.8. The van der Waals surface area contributed by atoms with Crippen LogP contribution in [0.4, 0.5) is 0 Å². The van der Waals surface area contributed by atoms with Crippen LogP contribution in [0.15, 0.2) is 59.1 Å². The van der Waals surface area contributed by atoms with Crippen molar-refractivity contribution >= 4 is 21.8 Å². The molecule has 3 heteroatoms. The lowest BCUT2D eigenvalue weighted by atomic mass is 10.2. The topological polar surface area (TPSA) is 29.1 Å². The minimum atomic E-state index is -0.116. The van der Waals surface area contributed by atoms with Crippen LogP contribution in [0, 0.1) is 11.8 Å². The van der Waals surface area contributed by atoms with Gasteiger partial charge in [-0.05, 0) is 36.4 Å². The fourth-order valence-electron chi connectivity index (χ4n) is 1.50. The minimum Gasteiger partial charge on any atom is -0.341 e.